The van der Waals surface area contributed by atoms with E-state index >= 15 is 0 Å². The summed E-state index contributed by atoms with van der Waals surface area (Å²) in [6.45, 7) is -2.93. The number of primary amides is 1. The molecule has 0 saturated heterocycles. The van der Waals surface area contributed by atoms with Gasteiger partial charge in [-0.05, 0) is 36.4 Å². The molecule has 1 aromatic carbocycles. The number of pyridine rings is 2. The zero-order valence-electron chi connectivity index (χ0n) is 16.1. The summed E-state index contributed by atoms with van der Waals surface area (Å²) in [4.78, 5) is 22.7. The number of anilines is 2. The molecule has 31 heavy (non-hydrogen) atoms. The number of halogens is 2. The Morgan fingerprint density at radius 3 is 2.61 bits per heavy atom. The molecule has 0 saturated carbocycles. The minimum absolute atomic E-state index is 0.0329. The SMILES string of the molecule is NC(=O)c1cccc(Nc2cc(OC(C=NC(F)F)=C(N)c3ccccn3)ccn2)c1. The van der Waals surface area contributed by atoms with Crippen molar-refractivity contribution in [3.05, 3.63) is 84.0 Å². The van der Waals surface area contributed by atoms with E-state index in [0.29, 0.717) is 22.8 Å². The third-order valence-electron chi connectivity index (χ3n) is 3.89. The number of hydrogen-bond acceptors (Lipinski definition) is 7. The van der Waals surface area contributed by atoms with Crippen molar-refractivity contribution >= 4 is 29.3 Å². The molecule has 3 aromatic rings. The van der Waals surface area contributed by atoms with Gasteiger partial charge in [0.25, 0.3) is 0 Å². The molecule has 158 valence electrons. The second-order valence-corrected chi connectivity index (χ2v) is 6.10. The van der Waals surface area contributed by atoms with Crippen LogP contribution in [0.3, 0.4) is 0 Å². The van der Waals surface area contributed by atoms with Crippen LogP contribution in [-0.2, 0) is 0 Å². The van der Waals surface area contributed by atoms with Crippen LogP contribution in [0.2, 0.25) is 0 Å². The summed E-state index contributed by atoms with van der Waals surface area (Å²) in [5.41, 5.74) is 12.6. The lowest BCUT2D eigenvalue weighted by Gasteiger charge is -2.12. The Bertz CT molecular complexity index is 1120. The number of nitrogens with two attached hydrogens (primary N) is 2. The number of aromatic nitrogens is 2. The zero-order chi connectivity index (χ0) is 22.2. The van der Waals surface area contributed by atoms with Crippen LogP contribution in [-0.4, -0.2) is 28.6 Å². The van der Waals surface area contributed by atoms with Crippen LogP contribution < -0.4 is 21.5 Å². The lowest BCUT2D eigenvalue weighted by Crippen LogP contribution is -2.11. The fraction of sp³-hybridized carbons (Fsp3) is 0.0476. The summed E-state index contributed by atoms with van der Waals surface area (Å²) in [6, 6.07) is 14.6. The number of carbonyl (C=O) groups excluding carboxylic acids is 1. The highest BCUT2D eigenvalue weighted by atomic mass is 19.3. The molecular formula is C21H18F2N6O2. The van der Waals surface area contributed by atoms with Crippen molar-refractivity contribution in [2.45, 2.75) is 6.55 Å². The molecule has 0 aliphatic carbocycles. The standard InChI is InChI=1S/C21H18F2N6O2/c22-21(23)28-12-17(19(24)16-6-1-2-8-26-16)31-15-7-9-27-18(11-15)29-14-5-3-4-13(10-14)20(25)30/h1-12,21H,24H2,(H2,25,30)(H,27,29). The molecule has 2 aromatic heterocycles. The van der Waals surface area contributed by atoms with Crippen LogP contribution in [0.25, 0.3) is 5.70 Å². The van der Waals surface area contributed by atoms with Crippen molar-refractivity contribution in [3.8, 4) is 5.75 Å². The summed E-state index contributed by atoms with van der Waals surface area (Å²) in [7, 11) is 0. The van der Waals surface area contributed by atoms with E-state index in [9.17, 15) is 13.6 Å². The van der Waals surface area contributed by atoms with Gasteiger partial charge in [0.05, 0.1) is 11.9 Å². The Morgan fingerprint density at radius 1 is 1.06 bits per heavy atom. The smallest absolute Gasteiger partial charge is 0.331 e. The van der Waals surface area contributed by atoms with Crippen molar-refractivity contribution in [3.63, 3.8) is 0 Å². The minimum atomic E-state index is -2.93. The summed E-state index contributed by atoms with van der Waals surface area (Å²) in [5.74, 6) is -0.0301. The van der Waals surface area contributed by atoms with E-state index in [1.807, 2.05) is 0 Å². The van der Waals surface area contributed by atoms with Crippen LogP contribution >= 0.6 is 0 Å². The van der Waals surface area contributed by atoms with Gasteiger partial charge in [-0.2, -0.15) is 8.78 Å². The number of nitrogens with one attached hydrogen (secondary N) is 1. The average molecular weight is 424 g/mol. The lowest BCUT2D eigenvalue weighted by atomic mass is 10.2. The Kier molecular flexibility index (Phi) is 6.84. The summed E-state index contributed by atoms with van der Waals surface area (Å²) in [6.07, 6.45) is 3.81. The first-order chi connectivity index (χ1) is 14.9. The molecule has 0 spiro atoms. The molecule has 0 atom stereocenters. The molecule has 0 aliphatic rings. The van der Waals surface area contributed by atoms with Gasteiger partial charge < -0.3 is 21.5 Å². The van der Waals surface area contributed by atoms with Gasteiger partial charge in [0.2, 0.25) is 5.91 Å². The highest BCUT2D eigenvalue weighted by Gasteiger charge is 2.11. The quantitative estimate of drug-likeness (QED) is 0.289. The van der Waals surface area contributed by atoms with E-state index in [1.54, 1.807) is 42.5 Å². The maximum atomic E-state index is 12.6. The van der Waals surface area contributed by atoms with E-state index in [0.717, 1.165) is 6.21 Å². The topological polar surface area (TPSA) is 129 Å². The molecule has 0 radical (unpaired) electrons. The fourth-order valence-corrected chi connectivity index (χ4v) is 2.49. The first kappa shape index (κ1) is 21.4. The number of nitrogens with zero attached hydrogens (tertiary/aromatic N) is 3. The largest absolute Gasteiger partial charge is 0.453 e. The van der Waals surface area contributed by atoms with Crippen LogP contribution in [0, 0.1) is 0 Å². The lowest BCUT2D eigenvalue weighted by molar-refractivity contribution is 0.1000. The maximum absolute atomic E-state index is 12.6. The Balaban J connectivity index is 1.87. The predicted octanol–water partition coefficient (Wildman–Crippen LogP) is 3.32. The Morgan fingerprint density at radius 2 is 1.90 bits per heavy atom. The molecule has 1 amide bonds. The van der Waals surface area contributed by atoms with Gasteiger partial charge in [0.15, 0.2) is 5.76 Å². The normalized spacial score (nSPS) is 12.0. The molecule has 0 aliphatic heterocycles. The average Bonchev–Trinajstić information content (AvgIpc) is 2.77. The van der Waals surface area contributed by atoms with Crippen molar-refractivity contribution < 1.29 is 18.3 Å². The van der Waals surface area contributed by atoms with E-state index in [-0.39, 0.29) is 17.2 Å². The Hall–Kier alpha value is -4.34. The fourth-order valence-electron chi connectivity index (χ4n) is 2.49. The van der Waals surface area contributed by atoms with Crippen LogP contribution in [0.4, 0.5) is 20.3 Å². The summed E-state index contributed by atoms with van der Waals surface area (Å²) in [5, 5.41) is 3.01. The van der Waals surface area contributed by atoms with Crippen molar-refractivity contribution in [2.75, 3.05) is 5.32 Å². The number of alkyl halides is 2. The first-order valence-electron chi connectivity index (χ1n) is 8.95. The van der Waals surface area contributed by atoms with Crippen molar-refractivity contribution in [1.29, 1.82) is 0 Å². The van der Waals surface area contributed by atoms with Gasteiger partial charge in [0, 0.05) is 29.7 Å². The number of hydrogen-bond donors (Lipinski definition) is 3. The molecule has 8 nitrogen and oxygen atoms in total. The second kappa shape index (κ2) is 9.92. The molecule has 0 bridgehead atoms. The van der Waals surface area contributed by atoms with Gasteiger partial charge >= 0.3 is 6.55 Å². The zero-order valence-corrected chi connectivity index (χ0v) is 16.1. The van der Waals surface area contributed by atoms with Gasteiger partial charge in [-0.15, -0.1) is 0 Å². The van der Waals surface area contributed by atoms with E-state index < -0.39 is 12.5 Å². The number of benzene rings is 1. The molecule has 0 unspecified atom stereocenters. The van der Waals surface area contributed by atoms with Crippen molar-refractivity contribution in [1.82, 2.24) is 9.97 Å². The third kappa shape index (κ3) is 6.07. The van der Waals surface area contributed by atoms with Gasteiger partial charge in [-0.1, -0.05) is 12.1 Å². The van der Waals surface area contributed by atoms with E-state index in [2.05, 4.69) is 20.3 Å². The highest BCUT2D eigenvalue weighted by Crippen LogP contribution is 2.22. The number of allylic oxidation sites excluding steroid dienone is 1. The highest BCUT2D eigenvalue weighted by molar-refractivity contribution is 5.93. The summed E-state index contributed by atoms with van der Waals surface area (Å²) >= 11 is 0. The number of aliphatic imine (C=N–C) groups is 1. The van der Waals surface area contributed by atoms with E-state index in [4.69, 9.17) is 16.2 Å². The minimum Gasteiger partial charge on any atom is -0.453 e. The van der Waals surface area contributed by atoms with Crippen LogP contribution in [0.5, 0.6) is 5.75 Å². The molecule has 0 fully saturated rings. The third-order valence-corrected chi connectivity index (χ3v) is 3.89. The van der Waals surface area contributed by atoms with Crippen LogP contribution in [0.15, 0.2) is 77.7 Å². The number of ether oxygens (including phenoxy) is 1. The maximum Gasteiger partial charge on any atom is 0.331 e. The number of carbonyl (C=O) groups is 1. The molecule has 2 heterocycles. The van der Waals surface area contributed by atoms with Gasteiger partial charge in [-0.25, -0.2) is 9.98 Å². The van der Waals surface area contributed by atoms with E-state index in [1.165, 1.54) is 24.5 Å². The predicted molar refractivity (Wildman–Crippen MR) is 113 cm³/mol. The number of rotatable bonds is 8. The Labute approximate surface area is 176 Å². The number of amides is 1. The molecule has 10 heteroatoms. The monoisotopic (exact) mass is 424 g/mol. The summed E-state index contributed by atoms with van der Waals surface area (Å²) < 4.78 is 30.9. The molecular weight excluding hydrogens is 406 g/mol. The van der Waals surface area contributed by atoms with Crippen molar-refractivity contribution in [2.24, 2.45) is 16.5 Å². The molecule has 3 rings (SSSR count). The molecule has 5 N–H and O–H groups in total. The second-order valence-electron chi connectivity index (χ2n) is 6.10. The van der Waals surface area contributed by atoms with Crippen LogP contribution in [0.1, 0.15) is 16.1 Å². The van der Waals surface area contributed by atoms with Gasteiger partial charge in [-0.3, -0.25) is 9.78 Å². The van der Waals surface area contributed by atoms with Gasteiger partial charge in [0.1, 0.15) is 17.3 Å². The first-order valence-corrected chi connectivity index (χ1v) is 8.95.